The third-order valence-corrected chi connectivity index (χ3v) is 2.74. The molecule has 0 aliphatic rings. The van der Waals surface area contributed by atoms with Crippen LogP contribution in [0.1, 0.15) is 21.7 Å². The van der Waals surface area contributed by atoms with E-state index in [-0.39, 0.29) is 11.7 Å². The molecule has 5 heteroatoms. The molecule has 0 atom stereocenters. The number of hydrogen-bond donors (Lipinski definition) is 2. The second kappa shape index (κ2) is 4.91. The van der Waals surface area contributed by atoms with Gasteiger partial charge in [0.25, 0.3) is 5.91 Å². The first-order chi connectivity index (χ1) is 8.56. The molecule has 18 heavy (non-hydrogen) atoms. The van der Waals surface area contributed by atoms with E-state index in [0.29, 0.717) is 12.2 Å². The maximum Gasteiger partial charge on any atom is 0.272 e. The number of rotatable bonds is 3. The molecule has 1 amide bonds. The van der Waals surface area contributed by atoms with Crippen molar-refractivity contribution in [3.63, 3.8) is 0 Å². The number of carbonyl (C=O) groups is 1. The monoisotopic (exact) mass is 245 g/mol. The zero-order valence-electron chi connectivity index (χ0n) is 10.3. The third kappa shape index (κ3) is 2.68. The van der Waals surface area contributed by atoms with Crippen LogP contribution >= 0.6 is 0 Å². The molecule has 5 nitrogen and oxygen atoms in total. The van der Waals surface area contributed by atoms with Crippen molar-refractivity contribution in [2.45, 2.75) is 13.5 Å². The fourth-order valence-electron chi connectivity index (χ4n) is 1.56. The standard InChI is InChI=1S/C13H15N3O2/c1-9-7-12(15-16(9)2)13(18)14-8-10-3-5-11(17)6-4-10/h3-7,17H,8H2,1-2H3,(H,14,18). The fourth-order valence-corrected chi connectivity index (χ4v) is 1.56. The molecule has 1 heterocycles. The van der Waals surface area contributed by atoms with Gasteiger partial charge in [0.05, 0.1) is 0 Å². The van der Waals surface area contributed by atoms with Crippen molar-refractivity contribution in [3.05, 3.63) is 47.3 Å². The van der Waals surface area contributed by atoms with Crippen molar-refractivity contribution in [2.24, 2.45) is 7.05 Å². The molecular weight excluding hydrogens is 230 g/mol. The van der Waals surface area contributed by atoms with Crippen LogP contribution < -0.4 is 5.32 Å². The predicted molar refractivity (Wildman–Crippen MR) is 67.2 cm³/mol. The molecule has 0 saturated heterocycles. The highest BCUT2D eigenvalue weighted by atomic mass is 16.3. The van der Waals surface area contributed by atoms with Gasteiger partial charge in [-0.15, -0.1) is 0 Å². The lowest BCUT2D eigenvalue weighted by Crippen LogP contribution is -2.23. The maximum absolute atomic E-state index is 11.8. The Balaban J connectivity index is 1.98. The van der Waals surface area contributed by atoms with Gasteiger partial charge < -0.3 is 10.4 Å². The number of nitrogens with one attached hydrogen (secondary N) is 1. The molecule has 2 N–H and O–H groups in total. The van der Waals surface area contributed by atoms with E-state index in [1.54, 1.807) is 42.1 Å². The minimum atomic E-state index is -0.202. The number of benzene rings is 1. The van der Waals surface area contributed by atoms with Gasteiger partial charge >= 0.3 is 0 Å². The minimum absolute atomic E-state index is 0.202. The summed E-state index contributed by atoms with van der Waals surface area (Å²) in [6.45, 7) is 2.30. The summed E-state index contributed by atoms with van der Waals surface area (Å²) in [4.78, 5) is 11.8. The molecule has 0 aliphatic carbocycles. The summed E-state index contributed by atoms with van der Waals surface area (Å²) in [6, 6.07) is 8.45. The van der Waals surface area contributed by atoms with Crippen LogP contribution in [0.2, 0.25) is 0 Å². The Kier molecular flexibility index (Phi) is 3.32. The lowest BCUT2D eigenvalue weighted by molar-refractivity contribution is 0.0945. The lowest BCUT2D eigenvalue weighted by atomic mass is 10.2. The lowest BCUT2D eigenvalue weighted by Gasteiger charge is -2.03. The SMILES string of the molecule is Cc1cc(C(=O)NCc2ccc(O)cc2)nn1C. The second-order valence-electron chi connectivity index (χ2n) is 4.14. The van der Waals surface area contributed by atoms with E-state index in [1.165, 1.54) is 0 Å². The zero-order chi connectivity index (χ0) is 13.1. The third-order valence-electron chi connectivity index (χ3n) is 2.74. The molecule has 2 rings (SSSR count). The number of aromatic nitrogens is 2. The highest BCUT2D eigenvalue weighted by Gasteiger charge is 2.10. The van der Waals surface area contributed by atoms with Gasteiger partial charge in [-0.3, -0.25) is 9.48 Å². The molecule has 0 bridgehead atoms. The van der Waals surface area contributed by atoms with Gasteiger partial charge in [0, 0.05) is 19.3 Å². The Morgan fingerprint density at radius 2 is 2.06 bits per heavy atom. The Hall–Kier alpha value is -2.30. The average molecular weight is 245 g/mol. The molecule has 0 unspecified atom stereocenters. The molecule has 1 aromatic heterocycles. The number of phenolic OH excluding ortho intramolecular Hbond substituents is 1. The van der Waals surface area contributed by atoms with Crippen LogP contribution in [0, 0.1) is 6.92 Å². The Labute approximate surface area is 105 Å². The Morgan fingerprint density at radius 3 is 2.61 bits per heavy atom. The topological polar surface area (TPSA) is 67.2 Å². The Bertz CT molecular complexity index is 539. The molecule has 0 spiro atoms. The maximum atomic E-state index is 11.8. The second-order valence-corrected chi connectivity index (χ2v) is 4.14. The van der Waals surface area contributed by atoms with Gasteiger partial charge in [-0.2, -0.15) is 5.10 Å². The van der Waals surface area contributed by atoms with Crippen LogP contribution in [0.5, 0.6) is 5.75 Å². The van der Waals surface area contributed by atoms with E-state index >= 15 is 0 Å². The van der Waals surface area contributed by atoms with Crippen molar-refractivity contribution in [1.29, 1.82) is 0 Å². The van der Waals surface area contributed by atoms with Crippen molar-refractivity contribution in [2.75, 3.05) is 0 Å². The molecule has 0 fully saturated rings. The molecule has 1 aromatic carbocycles. The van der Waals surface area contributed by atoms with Crippen LogP contribution in [0.3, 0.4) is 0 Å². The van der Waals surface area contributed by atoms with Gasteiger partial charge in [-0.25, -0.2) is 0 Å². The van der Waals surface area contributed by atoms with Crippen molar-refractivity contribution in [3.8, 4) is 5.75 Å². The predicted octanol–water partition coefficient (Wildman–Crippen LogP) is 1.36. The summed E-state index contributed by atoms with van der Waals surface area (Å²) in [6.07, 6.45) is 0. The summed E-state index contributed by atoms with van der Waals surface area (Å²) in [7, 11) is 1.80. The first kappa shape index (κ1) is 12.2. The van der Waals surface area contributed by atoms with Gasteiger partial charge in [0.1, 0.15) is 11.4 Å². The van der Waals surface area contributed by atoms with E-state index in [0.717, 1.165) is 11.3 Å². The number of nitrogens with zero attached hydrogens (tertiary/aromatic N) is 2. The molecular formula is C13H15N3O2. The van der Waals surface area contributed by atoms with Gasteiger partial charge in [-0.1, -0.05) is 12.1 Å². The fraction of sp³-hybridized carbons (Fsp3) is 0.231. The van der Waals surface area contributed by atoms with Gasteiger partial charge in [-0.05, 0) is 30.7 Å². The number of aromatic hydroxyl groups is 1. The number of hydrogen-bond acceptors (Lipinski definition) is 3. The zero-order valence-corrected chi connectivity index (χ0v) is 10.3. The molecule has 2 aromatic rings. The number of aryl methyl sites for hydroxylation is 2. The Morgan fingerprint density at radius 1 is 1.39 bits per heavy atom. The van der Waals surface area contributed by atoms with Crippen LogP contribution in [0.25, 0.3) is 0 Å². The summed E-state index contributed by atoms with van der Waals surface area (Å²) in [5.41, 5.74) is 2.27. The van der Waals surface area contributed by atoms with E-state index in [4.69, 9.17) is 5.11 Å². The quantitative estimate of drug-likeness (QED) is 0.858. The van der Waals surface area contributed by atoms with E-state index in [9.17, 15) is 4.79 Å². The van der Waals surface area contributed by atoms with Gasteiger partial charge in [0.2, 0.25) is 0 Å². The van der Waals surface area contributed by atoms with Crippen molar-refractivity contribution >= 4 is 5.91 Å². The normalized spacial score (nSPS) is 10.3. The van der Waals surface area contributed by atoms with Gasteiger partial charge in [0.15, 0.2) is 0 Å². The van der Waals surface area contributed by atoms with E-state index < -0.39 is 0 Å². The summed E-state index contributed by atoms with van der Waals surface area (Å²) in [5, 5.41) is 16.0. The van der Waals surface area contributed by atoms with Crippen LogP contribution in [0.15, 0.2) is 30.3 Å². The minimum Gasteiger partial charge on any atom is -0.508 e. The summed E-state index contributed by atoms with van der Waals surface area (Å²) in [5.74, 6) is 0.0113. The first-order valence-electron chi connectivity index (χ1n) is 5.63. The summed E-state index contributed by atoms with van der Waals surface area (Å²) < 4.78 is 1.66. The van der Waals surface area contributed by atoms with Crippen LogP contribution in [0.4, 0.5) is 0 Å². The van der Waals surface area contributed by atoms with E-state index in [1.807, 2.05) is 6.92 Å². The molecule has 0 aliphatic heterocycles. The number of amides is 1. The number of carbonyl (C=O) groups excluding carboxylic acids is 1. The summed E-state index contributed by atoms with van der Waals surface area (Å²) >= 11 is 0. The highest BCUT2D eigenvalue weighted by molar-refractivity contribution is 5.92. The molecule has 0 radical (unpaired) electrons. The van der Waals surface area contributed by atoms with Crippen LogP contribution in [-0.4, -0.2) is 20.8 Å². The molecule has 0 saturated carbocycles. The average Bonchev–Trinajstić information content (AvgIpc) is 2.69. The first-order valence-corrected chi connectivity index (χ1v) is 5.63. The van der Waals surface area contributed by atoms with Crippen molar-refractivity contribution in [1.82, 2.24) is 15.1 Å². The number of phenols is 1. The molecule has 94 valence electrons. The highest BCUT2D eigenvalue weighted by Crippen LogP contribution is 2.09. The van der Waals surface area contributed by atoms with Crippen molar-refractivity contribution < 1.29 is 9.90 Å². The van der Waals surface area contributed by atoms with Crippen LogP contribution in [-0.2, 0) is 13.6 Å². The largest absolute Gasteiger partial charge is 0.508 e. The van der Waals surface area contributed by atoms with E-state index in [2.05, 4.69) is 10.4 Å². The smallest absolute Gasteiger partial charge is 0.272 e.